The highest BCUT2D eigenvalue weighted by atomic mass is 16.2. The number of aryl methyl sites for hydroxylation is 1. The van der Waals surface area contributed by atoms with Gasteiger partial charge in [0.2, 0.25) is 17.7 Å². The van der Waals surface area contributed by atoms with E-state index in [-0.39, 0.29) is 30.7 Å². The van der Waals surface area contributed by atoms with Gasteiger partial charge < -0.3 is 16.0 Å². The standard InChI is InChI=1S/C15H17N3O3/c1-2-13(19)16-8-7-15(21)17-11-4-5-12-10(9-11)3-6-14(20)18-12/h2,4-5,9H,1,3,6-8H2,(H,16,19)(H,17,21)(H,18,20). The van der Waals surface area contributed by atoms with Crippen molar-refractivity contribution >= 4 is 29.1 Å². The molecule has 6 nitrogen and oxygen atoms in total. The predicted molar refractivity (Wildman–Crippen MR) is 79.8 cm³/mol. The molecule has 110 valence electrons. The number of amides is 3. The van der Waals surface area contributed by atoms with E-state index in [2.05, 4.69) is 22.5 Å². The lowest BCUT2D eigenvalue weighted by molar-refractivity contribution is -0.118. The van der Waals surface area contributed by atoms with Crippen molar-refractivity contribution in [1.82, 2.24) is 5.32 Å². The minimum absolute atomic E-state index is 0.0113. The summed E-state index contributed by atoms with van der Waals surface area (Å²) in [5, 5.41) is 8.09. The number of hydrogen-bond acceptors (Lipinski definition) is 3. The van der Waals surface area contributed by atoms with Gasteiger partial charge in [-0.1, -0.05) is 6.58 Å². The highest BCUT2D eigenvalue weighted by Gasteiger charge is 2.15. The molecule has 0 atom stereocenters. The van der Waals surface area contributed by atoms with E-state index < -0.39 is 0 Å². The van der Waals surface area contributed by atoms with E-state index in [4.69, 9.17) is 0 Å². The molecule has 21 heavy (non-hydrogen) atoms. The van der Waals surface area contributed by atoms with Gasteiger partial charge in [-0.05, 0) is 36.3 Å². The SMILES string of the molecule is C=CC(=O)NCCC(=O)Nc1ccc2c(c1)CCC(=O)N2. The number of fused-ring (bicyclic) bond motifs is 1. The molecule has 1 aliphatic rings. The molecule has 0 aromatic heterocycles. The van der Waals surface area contributed by atoms with Gasteiger partial charge in [-0.15, -0.1) is 0 Å². The van der Waals surface area contributed by atoms with Crippen molar-refractivity contribution in [2.24, 2.45) is 0 Å². The van der Waals surface area contributed by atoms with Crippen LogP contribution in [0.25, 0.3) is 0 Å². The lowest BCUT2D eigenvalue weighted by Crippen LogP contribution is -2.26. The molecule has 0 aliphatic carbocycles. The molecule has 0 saturated carbocycles. The van der Waals surface area contributed by atoms with Gasteiger partial charge in [0, 0.05) is 30.8 Å². The van der Waals surface area contributed by atoms with E-state index in [1.54, 1.807) is 12.1 Å². The zero-order chi connectivity index (χ0) is 15.2. The normalized spacial score (nSPS) is 12.9. The van der Waals surface area contributed by atoms with Gasteiger partial charge in [0.05, 0.1) is 0 Å². The fourth-order valence-corrected chi connectivity index (χ4v) is 2.06. The Hall–Kier alpha value is -2.63. The van der Waals surface area contributed by atoms with E-state index >= 15 is 0 Å². The third-order valence-electron chi connectivity index (χ3n) is 3.12. The molecule has 0 saturated heterocycles. The van der Waals surface area contributed by atoms with E-state index in [1.165, 1.54) is 0 Å². The first-order valence-electron chi connectivity index (χ1n) is 6.71. The first-order valence-corrected chi connectivity index (χ1v) is 6.71. The topological polar surface area (TPSA) is 87.3 Å². The summed E-state index contributed by atoms with van der Waals surface area (Å²) in [6, 6.07) is 5.38. The highest BCUT2D eigenvalue weighted by molar-refractivity contribution is 5.96. The van der Waals surface area contributed by atoms with Gasteiger partial charge in [0.1, 0.15) is 0 Å². The first-order chi connectivity index (χ1) is 10.1. The van der Waals surface area contributed by atoms with Crippen LogP contribution in [-0.2, 0) is 20.8 Å². The lowest BCUT2D eigenvalue weighted by Gasteiger charge is -2.17. The Morgan fingerprint density at radius 2 is 2.14 bits per heavy atom. The highest BCUT2D eigenvalue weighted by Crippen LogP contribution is 2.25. The maximum Gasteiger partial charge on any atom is 0.243 e. The number of anilines is 2. The van der Waals surface area contributed by atoms with Gasteiger partial charge in [-0.25, -0.2) is 0 Å². The molecule has 1 heterocycles. The Kier molecular flexibility index (Phi) is 4.71. The van der Waals surface area contributed by atoms with Crippen LogP contribution in [0.15, 0.2) is 30.9 Å². The summed E-state index contributed by atoms with van der Waals surface area (Å²) in [7, 11) is 0. The van der Waals surface area contributed by atoms with Crippen LogP contribution in [0, 0.1) is 0 Å². The molecule has 3 N–H and O–H groups in total. The number of carbonyl (C=O) groups is 3. The van der Waals surface area contributed by atoms with Crippen LogP contribution in [-0.4, -0.2) is 24.3 Å². The summed E-state index contributed by atoms with van der Waals surface area (Å²) >= 11 is 0. The van der Waals surface area contributed by atoms with Gasteiger partial charge in [-0.2, -0.15) is 0 Å². The maximum absolute atomic E-state index is 11.7. The summed E-state index contributed by atoms with van der Waals surface area (Å²) in [4.78, 5) is 34.0. The average molecular weight is 287 g/mol. The summed E-state index contributed by atoms with van der Waals surface area (Å²) in [6.07, 6.45) is 2.47. The molecule has 0 bridgehead atoms. The van der Waals surface area contributed by atoms with Crippen LogP contribution in [0.3, 0.4) is 0 Å². The Morgan fingerprint density at radius 1 is 1.33 bits per heavy atom. The Balaban J connectivity index is 1.88. The van der Waals surface area contributed by atoms with Crippen molar-refractivity contribution in [3.05, 3.63) is 36.4 Å². The average Bonchev–Trinajstić information content (AvgIpc) is 2.47. The Bertz CT molecular complexity index is 596. The molecule has 1 aromatic rings. The number of nitrogens with one attached hydrogen (secondary N) is 3. The van der Waals surface area contributed by atoms with Gasteiger partial charge in [0.25, 0.3) is 0 Å². The number of benzene rings is 1. The van der Waals surface area contributed by atoms with Crippen LogP contribution in [0.1, 0.15) is 18.4 Å². The number of carbonyl (C=O) groups excluding carboxylic acids is 3. The summed E-state index contributed by atoms with van der Waals surface area (Å²) in [6.45, 7) is 3.59. The lowest BCUT2D eigenvalue weighted by atomic mass is 10.0. The second kappa shape index (κ2) is 6.69. The molecular weight excluding hydrogens is 270 g/mol. The van der Waals surface area contributed by atoms with E-state index in [0.29, 0.717) is 18.5 Å². The van der Waals surface area contributed by atoms with E-state index in [9.17, 15) is 14.4 Å². The Labute approximate surface area is 122 Å². The first kappa shape index (κ1) is 14.8. The van der Waals surface area contributed by atoms with E-state index in [0.717, 1.165) is 17.3 Å². The monoisotopic (exact) mass is 287 g/mol. The van der Waals surface area contributed by atoms with Crippen molar-refractivity contribution in [2.75, 3.05) is 17.2 Å². The maximum atomic E-state index is 11.7. The van der Waals surface area contributed by atoms with Crippen molar-refractivity contribution in [3.8, 4) is 0 Å². The van der Waals surface area contributed by atoms with Gasteiger partial charge in [-0.3, -0.25) is 14.4 Å². The van der Waals surface area contributed by atoms with Gasteiger partial charge in [0.15, 0.2) is 0 Å². The molecule has 0 unspecified atom stereocenters. The summed E-state index contributed by atoms with van der Waals surface area (Å²) in [5.41, 5.74) is 2.49. The van der Waals surface area contributed by atoms with E-state index in [1.807, 2.05) is 6.07 Å². The molecule has 1 aliphatic heterocycles. The quantitative estimate of drug-likeness (QED) is 0.711. The minimum Gasteiger partial charge on any atom is -0.352 e. The minimum atomic E-state index is -0.299. The molecule has 3 amide bonds. The van der Waals surface area contributed by atoms with Crippen molar-refractivity contribution < 1.29 is 14.4 Å². The van der Waals surface area contributed by atoms with Gasteiger partial charge >= 0.3 is 0 Å². The largest absolute Gasteiger partial charge is 0.352 e. The number of rotatable bonds is 5. The summed E-state index contributed by atoms with van der Waals surface area (Å²) < 4.78 is 0. The predicted octanol–water partition coefficient (Wildman–Crippen LogP) is 1.20. The molecule has 6 heteroatoms. The van der Waals surface area contributed by atoms with Crippen LogP contribution in [0.5, 0.6) is 0 Å². The van der Waals surface area contributed by atoms with Crippen LogP contribution in [0.2, 0.25) is 0 Å². The third-order valence-corrected chi connectivity index (χ3v) is 3.12. The van der Waals surface area contributed by atoms with Crippen LogP contribution >= 0.6 is 0 Å². The van der Waals surface area contributed by atoms with Crippen LogP contribution in [0.4, 0.5) is 11.4 Å². The smallest absolute Gasteiger partial charge is 0.243 e. The fourth-order valence-electron chi connectivity index (χ4n) is 2.06. The van der Waals surface area contributed by atoms with Crippen molar-refractivity contribution in [3.63, 3.8) is 0 Å². The molecule has 1 aromatic carbocycles. The third kappa shape index (κ3) is 4.17. The zero-order valence-corrected chi connectivity index (χ0v) is 11.6. The van der Waals surface area contributed by atoms with Crippen molar-refractivity contribution in [1.29, 1.82) is 0 Å². The molecular formula is C15H17N3O3. The fraction of sp³-hybridized carbons (Fsp3) is 0.267. The van der Waals surface area contributed by atoms with Crippen LogP contribution < -0.4 is 16.0 Å². The second-order valence-electron chi connectivity index (χ2n) is 4.71. The second-order valence-corrected chi connectivity index (χ2v) is 4.71. The molecule has 0 fully saturated rings. The molecule has 0 radical (unpaired) electrons. The molecule has 2 rings (SSSR count). The van der Waals surface area contributed by atoms with Crippen molar-refractivity contribution in [2.45, 2.75) is 19.3 Å². The Morgan fingerprint density at radius 3 is 2.90 bits per heavy atom. The summed E-state index contributed by atoms with van der Waals surface area (Å²) in [5.74, 6) is -0.469. The number of hydrogen-bond donors (Lipinski definition) is 3. The molecule has 0 spiro atoms. The zero-order valence-electron chi connectivity index (χ0n) is 11.6.